The molecule has 4 aromatic rings. The Balaban J connectivity index is 1.57. The Kier molecular flexibility index (Phi) is 6.58. The molecular weight excluding hydrogens is 509 g/mol. The van der Waals surface area contributed by atoms with Crippen LogP contribution < -0.4 is 11.0 Å². The summed E-state index contributed by atoms with van der Waals surface area (Å²) < 4.78 is 44.8. The lowest BCUT2D eigenvalue weighted by molar-refractivity contribution is 0.520. The Morgan fingerprint density at radius 3 is 2.42 bits per heavy atom. The summed E-state index contributed by atoms with van der Waals surface area (Å²) in [6, 6.07) is 9.78. The first-order valence-electron chi connectivity index (χ1n) is 12.3. The van der Waals surface area contributed by atoms with E-state index in [2.05, 4.69) is 10.4 Å². The number of fused-ring (bicyclic) bond motifs is 1. The smallest absolute Gasteiger partial charge is 0.310 e. The second kappa shape index (κ2) is 9.61. The molecule has 1 atom stereocenters. The van der Waals surface area contributed by atoms with Crippen LogP contribution >= 0.6 is 0 Å². The lowest BCUT2D eigenvalue weighted by Gasteiger charge is -2.20. The van der Waals surface area contributed by atoms with Crippen LogP contribution in [0.1, 0.15) is 40.9 Å². The Morgan fingerprint density at radius 2 is 1.79 bits per heavy atom. The largest absolute Gasteiger partial charge is 0.351 e. The van der Waals surface area contributed by atoms with Gasteiger partial charge in [-0.15, -0.1) is 0 Å². The highest BCUT2D eigenvalue weighted by Gasteiger charge is 2.29. The highest BCUT2D eigenvalue weighted by molar-refractivity contribution is 7.89. The predicted octanol–water partition coefficient (Wildman–Crippen LogP) is 2.48. The quantitative estimate of drug-likeness (QED) is 0.404. The van der Waals surface area contributed by atoms with Gasteiger partial charge in [-0.2, -0.15) is 10.2 Å². The highest BCUT2D eigenvalue weighted by atomic mass is 32.2. The summed E-state index contributed by atoms with van der Waals surface area (Å²) >= 11 is 0. The third-order valence-electron chi connectivity index (χ3n) is 6.88. The first kappa shape index (κ1) is 26.0. The molecule has 200 valence electrons. The molecule has 0 saturated heterocycles. The van der Waals surface area contributed by atoms with Gasteiger partial charge in [0.25, 0.3) is 0 Å². The summed E-state index contributed by atoms with van der Waals surface area (Å²) in [5, 5.41) is 12.6. The summed E-state index contributed by atoms with van der Waals surface area (Å²) in [5.74, 6) is 0.297. The van der Waals surface area contributed by atoms with Crippen molar-refractivity contribution in [2.24, 2.45) is 0 Å². The zero-order valence-electron chi connectivity index (χ0n) is 21.9. The molecule has 2 aromatic heterocycles. The van der Waals surface area contributed by atoms with Gasteiger partial charge in [0, 0.05) is 38.7 Å². The van der Waals surface area contributed by atoms with Crippen molar-refractivity contribution in [2.75, 3.05) is 20.6 Å². The average Bonchev–Trinajstić information content (AvgIpc) is 3.43. The van der Waals surface area contributed by atoms with Crippen molar-refractivity contribution in [2.45, 2.75) is 44.7 Å². The van der Waals surface area contributed by atoms with E-state index in [9.17, 15) is 17.6 Å². The normalized spacial score (nSPS) is 15.7. The third kappa shape index (κ3) is 4.38. The second-order valence-electron chi connectivity index (χ2n) is 9.79. The van der Waals surface area contributed by atoms with Gasteiger partial charge in [0.2, 0.25) is 10.0 Å². The van der Waals surface area contributed by atoms with Gasteiger partial charge < -0.3 is 5.32 Å². The molecule has 1 aliphatic heterocycles. The van der Waals surface area contributed by atoms with Crippen LogP contribution in [0.2, 0.25) is 0 Å². The minimum atomic E-state index is -3.55. The maximum absolute atomic E-state index is 14.4. The monoisotopic (exact) mass is 539 g/mol. The fraction of sp³-hybridized carbons (Fsp3) is 0.346. The molecule has 0 aliphatic carbocycles. The molecule has 0 unspecified atom stereocenters. The molecular formula is C26H30FN7O3S. The van der Waals surface area contributed by atoms with Crippen molar-refractivity contribution in [1.82, 2.24) is 33.8 Å². The summed E-state index contributed by atoms with van der Waals surface area (Å²) in [5.41, 5.74) is 3.79. The molecule has 0 spiro atoms. The lowest BCUT2D eigenvalue weighted by Crippen LogP contribution is -2.30. The van der Waals surface area contributed by atoms with E-state index >= 15 is 0 Å². The Hall–Kier alpha value is -3.61. The van der Waals surface area contributed by atoms with E-state index in [4.69, 9.17) is 5.10 Å². The molecule has 0 saturated carbocycles. The van der Waals surface area contributed by atoms with E-state index in [0.29, 0.717) is 29.1 Å². The SMILES string of the molecule is Cc1cc(-n2nc3c(c2-n2cnn(Cc4ccc(S(=O)(=O)N(C)C)cc4)c2=O)[C@H](C)NCC3)cc(C)c1F. The van der Waals surface area contributed by atoms with Crippen LogP contribution in [-0.4, -0.2) is 57.5 Å². The number of hydrogen-bond donors (Lipinski definition) is 1. The van der Waals surface area contributed by atoms with Crippen molar-refractivity contribution in [3.05, 3.63) is 87.0 Å². The maximum Gasteiger partial charge on any atom is 0.351 e. The van der Waals surface area contributed by atoms with Crippen molar-refractivity contribution in [3.63, 3.8) is 0 Å². The number of nitrogens with zero attached hydrogens (tertiary/aromatic N) is 6. The van der Waals surface area contributed by atoms with Gasteiger partial charge in [-0.25, -0.2) is 35.8 Å². The number of hydrogen-bond acceptors (Lipinski definition) is 6. The van der Waals surface area contributed by atoms with Crippen LogP contribution in [0.5, 0.6) is 0 Å². The number of aromatic nitrogens is 5. The minimum Gasteiger partial charge on any atom is -0.310 e. The van der Waals surface area contributed by atoms with Crippen molar-refractivity contribution in [1.29, 1.82) is 0 Å². The van der Waals surface area contributed by atoms with E-state index in [1.54, 1.807) is 42.8 Å². The minimum absolute atomic E-state index is 0.0495. The molecule has 38 heavy (non-hydrogen) atoms. The number of sulfonamides is 1. The number of benzene rings is 2. The summed E-state index contributed by atoms with van der Waals surface area (Å²) in [6.07, 6.45) is 2.16. The van der Waals surface area contributed by atoms with Gasteiger partial charge in [-0.1, -0.05) is 12.1 Å². The average molecular weight is 540 g/mol. The molecule has 1 N–H and O–H groups in total. The van der Waals surface area contributed by atoms with E-state index < -0.39 is 10.0 Å². The Morgan fingerprint density at radius 1 is 1.13 bits per heavy atom. The number of aryl methyl sites for hydroxylation is 2. The molecule has 0 bridgehead atoms. The fourth-order valence-corrected chi connectivity index (χ4v) is 5.70. The van der Waals surface area contributed by atoms with E-state index in [1.165, 1.54) is 41.8 Å². The fourth-order valence-electron chi connectivity index (χ4n) is 4.80. The van der Waals surface area contributed by atoms with E-state index in [0.717, 1.165) is 27.7 Å². The molecule has 1 aliphatic rings. The molecule has 2 aromatic carbocycles. The number of nitrogens with one attached hydrogen (secondary N) is 1. The zero-order chi connectivity index (χ0) is 27.4. The molecule has 3 heterocycles. The van der Waals surface area contributed by atoms with Gasteiger partial charge >= 0.3 is 5.69 Å². The molecule has 0 radical (unpaired) electrons. The molecule has 0 fully saturated rings. The van der Waals surface area contributed by atoms with Gasteiger partial charge in [-0.05, 0) is 61.7 Å². The standard InChI is InChI=1S/C26H30FN7O3S/c1-16-12-20(13-17(2)24(16)27)34-25(23-18(3)28-11-10-22(23)30-34)32-15-29-33(26(32)35)14-19-6-8-21(9-7-19)38(36,37)31(4)5/h6-9,12-13,15,18,28H,10-11,14H2,1-5H3/t18-/m0/s1. The lowest BCUT2D eigenvalue weighted by atomic mass is 10.0. The van der Waals surface area contributed by atoms with Crippen molar-refractivity contribution >= 4 is 10.0 Å². The van der Waals surface area contributed by atoms with Crippen LogP contribution in [0.3, 0.4) is 0 Å². The van der Waals surface area contributed by atoms with Gasteiger partial charge in [-0.3, -0.25) is 0 Å². The first-order chi connectivity index (χ1) is 18.0. The summed E-state index contributed by atoms with van der Waals surface area (Å²) in [6.45, 7) is 6.36. The van der Waals surface area contributed by atoms with Gasteiger partial charge in [0.05, 0.1) is 22.8 Å². The van der Waals surface area contributed by atoms with E-state index in [-0.39, 0.29) is 29.0 Å². The molecule has 5 rings (SSSR count). The van der Waals surface area contributed by atoms with Crippen LogP contribution in [0.15, 0.2) is 52.4 Å². The van der Waals surface area contributed by atoms with Crippen LogP contribution in [0.4, 0.5) is 4.39 Å². The van der Waals surface area contributed by atoms with Crippen LogP contribution in [-0.2, 0) is 23.0 Å². The number of halogens is 1. The Bertz CT molecular complexity index is 1660. The van der Waals surface area contributed by atoms with Crippen LogP contribution in [0.25, 0.3) is 11.5 Å². The summed E-state index contributed by atoms with van der Waals surface area (Å²) in [4.78, 5) is 13.8. The molecule has 12 heteroatoms. The predicted molar refractivity (Wildman–Crippen MR) is 141 cm³/mol. The number of rotatable bonds is 6. The zero-order valence-corrected chi connectivity index (χ0v) is 22.8. The summed E-state index contributed by atoms with van der Waals surface area (Å²) in [7, 11) is -0.596. The molecule has 0 amide bonds. The highest BCUT2D eigenvalue weighted by Crippen LogP contribution is 2.31. The Labute approximate surface area is 220 Å². The topological polar surface area (TPSA) is 107 Å². The van der Waals surface area contributed by atoms with Crippen molar-refractivity contribution in [3.8, 4) is 11.5 Å². The van der Waals surface area contributed by atoms with Gasteiger partial charge in [0.1, 0.15) is 12.1 Å². The van der Waals surface area contributed by atoms with Gasteiger partial charge in [0.15, 0.2) is 5.82 Å². The second-order valence-corrected chi connectivity index (χ2v) is 11.9. The van der Waals surface area contributed by atoms with Crippen LogP contribution in [0, 0.1) is 19.7 Å². The third-order valence-corrected chi connectivity index (χ3v) is 8.71. The maximum atomic E-state index is 14.4. The first-order valence-corrected chi connectivity index (χ1v) is 13.7. The van der Waals surface area contributed by atoms with Crippen molar-refractivity contribution < 1.29 is 12.8 Å². The molecule has 10 nitrogen and oxygen atoms in total. The van der Waals surface area contributed by atoms with E-state index in [1.807, 2.05) is 6.92 Å².